The average molecular weight is 298 g/mol. The van der Waals surface area contributed by atoms with Gasteiger partial charge in [-0.3, -0.25) is 4.79 Å². The molecule has 1 aliphatic heterocycles. The molecule has 116 valence electrons. The highest BCUT2D eigenvalue weighted by molar-refractivity contribution is 5.79. The van der Waals surface area contributed by atoms with E-state index in [4.69, 9.17) is 11.2 Å². The number of aliphatic hydroxyl groups is 4. The predicted molar refractivity (Wildman–Crippen MR) is 72.1 cm³/mol. The number of hydrogen-bond donors (Lipinski definition) is 5. The van der Waals surface area contributed by atoms with Crippen molar-refractivity contribution in [3.8, 4) is 0 Å². The Morgan fingerprint density at radius 3 is 2.52 bits per heavy atom. The Bertz CT molecular complexity index is 501. The summed E-state index contributed by atoms with van der Waals surface area (Å²) in [7, 11) is 0. The van der Waals surface area contributed by atoms with Crippen LogP contribution < -0.4 is 5.32 Å². The van der Waals surface area contributed by atoms with Crippen LogP contribution in [-0.2, 0) is 15.9 Å². The second-order valence-electron chi connectivity index (χ2n) is 4.82. The molecular formula is C14H19NO6. The van der Waals surface area contributed by atoms with Gasteiger partial charge in [0.2, 0.25) is 5.91 Å². The van der Waals surface area contributed by atoms with Crippen molar-refractivity contribution >= 4 is 5.91 Å². The maximum Gasteiger partial charge on any atom is 0.224 e. The van der Waals surface area contributed by atoms with Crippen molar-refractivity contribution in [1.82, 2.24) is 5.32 Å². The van der Waals surface area contributed by atoms with Gasteiger partial charge in [0.25, 0.3) is 0 Å². The molecule has 0 radical (unpaired) electrons. The lowest BCUT2D eigenvalue weighted by Gasteiger charge is -2.40. The molecule has 0 spiro atoms. The molecule has 1 amide bonds. The fourth-order valence-electron chi connectivity index (χ4n) is 2.16. The molecule has 0 aromatic heterocycles. The summed E-state index contributed by atoms with van der Waals surface area (Å²) in [5, 5.41) is 40.7. The van der Waals surface area contributed by atoms with Crippen molar-refractivity contribution in [2.24, 2.45) is 0 Å². The molecule has 7 nitrogen and oxygen atoms in total. The van der Waals surface area contributed by atoms with Gasteiger partial charge in [0.05, 0.1) is 13.0 Å². The van der Waals surface area contributed by atoms with Crippen LogP contribution in [0.2, 0.25) is 0 Å². The Morgan fingerprint density at radius 2 is 1.90 bits per heavy atom. The van der Waals surface area contributed by atoms with Gasteiger partial charge in [0.15, 0.2) is 6.29 Å². The number of nitrogens with one attached hydrogen (secondary N) is 1. The highest BCUT2D eigenvalue weighted by Gasteiger charge is 2.44. The fraction of sp³-hybridized carbons (Fsp3) is 0.500. The Morgan fingerprint density at radius 1 is 1.24 bits per heavy atom. The number of amides is 1. The zero-order valence-electron chi connectivity index (χ0n) is 12.2. The van der Waals surface area contributed by atoms with Crippen LogP contribution in [-0.4, -0.2) is 63.6 Å². The Hall–Kier alpha value is -1.51. The first-order valence-corrected chi connectivity index (χ1v) is 6.53. The fourth-order valence-corrected chi connectivity index (χ4v) is 2.16. The zero-order valence-corrected chi connectivity index (χ0v) is 11.2. The van der Waals surface area contributed by atoms with Crippen LogP contribution in [0.4, 0.5) is 0 Å². The third-order valence-corrected chi connectivity index (χ3v) is 3.31. The maximum absolute atomic E-state index is 12.1. The summed E-state index contributed by atoms with van der Waals surface area (Å²) in [5.41, 5.74) is 0.453. The Balaban J connectivity index is 2.04. The van der Waals surface area contributed by atoms with Crippen molar-refractivity contribution in [2.45, 2.75) is 37.0 Å². The van der Waals surface area contributed by atoms with Crippen LogP contribution in [0.5, 0.6) is 0 Å². The van der Waals surface area contributed by atoms with Crippen LogP contribution in [0, 0.1) is 0 Å². The lowest BCUT2D eigenvalue weighted by Crippen LogP contribution is -2.64. The van der Waals surface area contributed by atoms with Crippen molar-refractivity contribution in [3.05, 3.63) is 35.9 Å². The summed E-state index contributed by atoms with van der Waals surface area (Å²) >= 11 is 0. The number of rotatable bonds is 4. The minimum Gasteiger partial charge on any atom is -0.394 e. The summed E-state index contributed by atoms with van der Waals surface area (Å²) < 4.78 is 12.8. The molecular weight excluding hydrogens is 278 g/mol. The van der Waals surface area contributed by atoms with Crippen LogP contribution in [0.3, 0.4) is 0 Å². The molecule has 1 heterocycles. The van der Waals surface area contributed by atoms with E-state index in [2.05, 4.69) is 5.32 Å². The highest BCUT2D eigenvalue weighted by Crippen LogP contribution is 2.19. The molecule has 2 unspecified atom stereocenters. The smallest absolute Gasteiger partial charge is 0.224 e. The first-order chi connectivity index (χ1) is 10.5. The molecule has 7 heteroatoms. The summed E-state index contributed by atoms with van der Waals surface area (Å²) in [6.07, 6.45) is -6.96. The lowest BCUT2D eigenvalue weighted by atomic mass is 9.97. The van der Waals surface area contributed by atoms with Crippen LogP contribution >= 0.6 is 0 Å². The molecule has 5 N–H and O–H groups in total. The molecule has 0 saturated carbocycles. The maximum atomic E-state index is 12.1. The van der Waals surface area contributed by atoms with Crippen molar-refractivity contribution < 1.29 is 31.3 Å². The Kier molecular flexibility index (Phi) is 4.79. The number of ether oxygens (including phenoxy) is 1. The molecule has 0 bridgehead atoms. The van der Waals surface area contributed by atoms with Gasteiger partial charge in [0, 0.05) is 1.37 Å². The van der Waals surface area contributed by atoms with E-state index < -0.39 is 49.6 Å². The summed E-state index contributed by atoms with van der Waals surface area (Å²) in [6.45, 7) is -0.582. The number of aliphatic hydroxyl groups excluding tert-OH is 4. The molecule has 6 atom stereocenters. The molecule has 1 aromatic carbocycles. The summed E-state index contributed by atoms with van der Waals surface area (Å²) in [5.74, 6) is -0.743. The molecule has 1 aromatic rings. The van der Waals surface area contributed by atoms with Crippen molar-refractivity contribution in [3.63, 3.8) is 0 Å². The van der Waals surface area contributed by atoms with Crippen molar-refractivity contribution in [1.29, 1.82) is 0 Å². The van der Waals surface area contributed by atoms with Gasteiger partial charge in [-0.05, 0) is 5.56 Å². The first-order valence-electron chi connectivity index (χ1n) is 7.11. The summed E-state index contributed by atoms with van der Waals surface area (Å²) in [6, 6.07) is 7.06. The van der Waals surface area contributed by atoms with E-state index in [9.17, 15) is 20.1 Å². The highest BCUT2D eigenvalue weighted by atomic mass is 16.6. The number of carbonyl (C=O) groups is 1. The van der Waals surface area contributed by atoms with Crippen LogP contribution in [0.25, 0.3) is 0 Å². The van der Waals surface area contributed by atoms with Gasteiger partial charge >= 0.3 is 0 Å². The summed E-state index contributed by atoms with van der Waals surface area (Å²) in [4.78, 5) is 12.1. The van der Waals surface area contributed by atoms with Crippen molar-refractivity contribution in [2.75, 3.05) is 6.61 Å². The Labute approximate surface area is 123 Å². The lowest BCUT2D eigenvalue weighted by molar-refractivity contribution is -0.253. The monoisotopic (exact) mass is 298 g/mol. The number of benzene rings is 1. The normalized spacial score (nSPS) is 34.9. The topological polar surface area (TPSA) is 119 Å². The van der Waals surface area contributed by atoms with E-state index in [1.165, 1.54) is 0 Å². The number of hydrogen-bond acceptors (Lipinski definition) is 6. The molecule has 1 aliphatic rings. The van der Waals surface area contributed by atoms with Gasteiger partial charge in [-0.2, -0.15) is 0 Å². The second-order valence-corrected chi connectivity index (χ2v) is 4.82. The van der Waals surface area contributed by atoms with E-state index in [0.717, 1.165) is 0 Å². The number of carbonyl (C=O) groups excluding carboxylic acids is 1. The quantitative estimate of drug-likeness (QED) is 0.445. The SMILES string of the molecule is [2H]C(C(=O)N[C@H]1C(O)O[C@H](CO)[C@H](O)[C@@H]1O)c1ccccc1. The van der Waals surface area contributed by atoms with E-state index in [1.807, 2.05) is 0 Å². The predicted octanol–water partition coefficient (Wildman–Crippen LogP) is -1.85. The van der Waals surface area contributed by atoms with Crippen LogP contribution in [0.1, 0.15) is 6.93 Å². The van der Waals surface area contributed by atoms with E-state index in [-0.39, 0.29) is 0 Å². The molecule has 2 rings (SSSR count). The minimum atomic E-state index is -1.59. The standard InChI is InChI=1S/C14H19NO6/c16-7-9-12(18)13(19)11(14(20)21-9)15-10(17)6-8-4-2-1-3-5-8/h1-5,9,11-14,16,18-20H,6-7H2,(H,15,17)/t9-,11-,12+,13-,14?/m1/s1/i6D/t6?,9-,11-,12+,13-,14?. The first kappa shape index (κ1) is 14.4. The van der Waals surface area contributed by atoms with E-state index in [0.29, 0.717) is 5.56 Å². The molecule has 1 saturated heterocycles. The molecule has 0 aliphatic carbocycles. The van der Waals surface area contributed by atoms with Gasteiger partial charge < -0.3 is 30.5 Å². The van der Waals surface area contributed by atoms with Gasteiger partial charge in [-0.25, -0.2) is 0 Å². The average Bonchev–Trinajstić information content (AvgIpc) is 2.54. The zero-order chi connectivity index (χ0) is 16.3. The third kappa shape index (κ3) is 3.78. The largest absolute Gasteiger partial charge is 0.394 e. The van der Waals surface area contributed by atoms with E-state index >= 15 is 0 Å². The molecule has 21 heavy (non-hydrogen) atoms. The van der Waals surface area contributed by atoms with Gasteiger partial charge in [-0.15, -0.1) is 0 Å². The van der Waals surface area contributed by atoms with E-state index in [1.54, 1.807) is 30.3 Å². The minimum absolute atomic E-state index is 0.453. The van der Waals surface area contributed by atoms with Crippen LogP contribution in [0.15, 0.2) is 30.3 Å². The van der Waals surface area contributed by atoms with Gasteiger partial charge in [0.1, 0.15) is 24.4 Å². The second kappa shape index (κ2) is 6.97. The third-order valence-electron chi connectivity index (χ3n) is 3.31. The van der Waals surface area contributed by atoms with Gasteiger partial charge in [-0.1, -0.05) is 30.3 Å². The molecule has 1 fully saturated rings.